The fourth-order valence-corrected chi connectivity index (χ4v) is 4.87. The van der Waals surface area contributed by atoms with Crippen LogP contribution in [0.5, 0.6) is 0 Å². The average molecular weight is 526 g/mol. The van der Waals surface area contributed by atoms with Crippen molar-refractivity contribution in [3.63, 3.8) is 0 Å². The number of sulfonamides is 1. The van der Waals surface area contributed by atoms with Crippen LogP contribution in [0.3, 0.4) is 0 Å². The number of carbonyl (C=O) groups is 2. The molecule has 37 heavy (non-hydrogen) atoms. The number of amides is 1. The van der Waals surface area contributed by atoms with Crippen LogP contribution in [0.4, 0.5) is 5.69 Å². The van der Waals surface area contributed by atoms with Crippen molar-refractivity contribution in [3.8, 4) is 0 Å². The van der Waals surface area contributed by atoms with E-state index >= 15 is 0 Å². The van der Waals surface area contributed by atoms with Crippen molar-refractivity contribution >= 4 is 27.6 Å². The zero-order valence-corrected chi connectivity index (χ0v) is 21.0. The number of likely N-dealkylation sites (N-methyl/N-ethyl adjacent to an activating group) is 1. The van der Waals surface area contributed by atoms with Crippen LogP contribution in [0.2, 0.25) is 0 Å². The maximum absolute atomic E-state index is 13.2. The van der Waals surface area contributed by atoms with E-state index in [9.17, 15) is 28.1 Å². The number of benzene rings is 3. The van der Waals surface area contributed by atoms with Gasteiger partial charge in [-0.1, -0.05) is 72.8 Å². The highest BCUT2D eigenvalue weighted by molar-refractivity contribution is 7.88. The van der Waals surface area contributed by atoms with Gasteiger partial charge in [0.25, 0.3) is 5.69 Å². The molecule has 0 aliphatic rings. The van der Waals surface area contributed by atoms with Gasteiger partial charge in [0.2, 0.25) is 15.9 Å². The van der Waals surface area contributed by atoms with Gasteiger partial charge in [-0.25, -0.2) is 13.1 Å². The van der Waals surface area contributed by atoms with Crippen LogP contribution in [-0.4, -0.2) is 49.8 Å². The molecule has 3 rings (SSSR count). The molecular formula is C26H27N3O7S. The molecule has 0 radical (unpaired) electrons. The highest BCUT2D eigenvalue weighted by Gasteiger charge is 2.29. The first-order chi connectivity index (χ1) is 17.6. The molecule has 0 spiro atoms. The van der Waals surface area contributed by atoms with Crippen LogP contribution in [-0.2, 0) is 43.1 Å². The van der Waals surface area contributed by atoms with Crippen molar-refractivity contribution < 1.29 is 27.7 Å². The SMILES string of the molecule is CN(CC(=O)OCc1ccccc1)C(=O)[C@@H](Cc1ccc([N+](=O)[O-])cc1)NS(=O)(=O)Cc1ccccc1. The summed E-state index contributed by atoms with van der Waals surface area (Å²) < 4.78 is 33.4. The van der Waals surface area contributed by atoms with Gasteiger partial charge in [0, 0.05) is 19.2 Å². The summed E-state index contributed by atoms with van der Waals surface area (Å²) >= 11 is 0. The van der Waals surface area contributed by atoms with Gasteiger partial charge in [0.15, 0.2) is 0 Å². The zero-order chi connectivity index (χ0) is 26.8. The van der Waals surface area contributed by atoms with Crippen molar-refractivity contribution in [2.45, 2.75) is 24.8 Å². The third kappa shape index (κ3) is 8.81. The smallest absolute Gasteiger partial charge is 0.325 e. The minimum atomic E-state index is -3.95. The average Bonchev–Trinajstić information content (AvgIpc) is 2.87. The summed E-state index contributed by atoms with van der Waals surface area (Å²) in [6.45, 7) is -0.347. The molecule has 0 bridgehead atoms. The molecular weight excluding hydrogens is 498 g/mol. The summed E-state index contributed by atoms with van der Waals surface area (Å²) in [5, 5.41) is 10.9. The molecule has 1 N–H and O–H groups in total. The van der Waals surface area contributed by atoms with Crippen LogP contribution in [0.1, 0.15) is 16.7 Å². The Bertz CT molecular complexity index is 1320. The number of nitrogens with zero attached hydrogens (tertiary/aromatic N) is 2. The predicted molar refractivity (Wildman–Crippen MR) is 137 cm³/mol. The van der Waals surface area contributed by atoms with Crippen LogP contribution in [0.25, 0.3) is 0 Å². The monoisotopic (exact) mass is 525 g/mol. The lowest BCUT2D eigenvalue weighted by Gasteiger charge is -2.24. The molecule has 10 nitrogen and oxygen atoms in total. The number of hydrogen-bond acceptors (Lipinski definition) is 7. The number of rotatable bonds is 12. The third-order valence-corrected chi connectivity index (χ3v) is 6.75. The van der Waals surface area contributed by atoms with E-state index in [0.29, 0.717) is 11.1 Å². The second kappa shape index (κ2) is 12.7. The first kappa shape index (κ1) is 27.5. The van der Waals surface area contributed by atoms with E-state index in [0.717, 1.165) is 10.5 Å². The largest absolute Gasteiger partial charge is 0.459 e. The molecule has 1 atom stereocenters. The molecule has 11 heteroatoms. The second-order valence-corrected chi connectivity index (χ2v) is 10.1. The Morgan fingerprint density at radius 3 is 2.05 bits per heavy atom. The Kier molecular flexibility index (Phi) is 9.47. The Balaban J connectivity index is 1.72. The van der Waals surface area contributed by atoms with E-state index < -0.39 is 32.9 Å². The Labute approximate surface area is 215 Å². The summed E-state index contributed by atoms with van der Waals surface area (Å²) in [5.74, 6) is -1.65. The number of non-ortho nitro benzene ring substituents is 1. The Hall–Kier alpha value is -4.09. The van der Waals surface area contributed by atoms with Gasteiger partial charge in [0.1, 0.15) is 19.2 Å². The molecule has 0 aliphatic heterocycles. The maximum atomic E-state index is 13.2. The number of ether oxygens (including phenoxy) is 1. The first-order valence-electron chi connectivity index (χ1n) is 11.3. The second-order valence-electron chi connectivity index (χ2n) is 8.38. The van der Waals surface area contributed by atoms with Gasteiger partial charge in [0.05, 0.1) is 10.7 Å². The molecule has 194 valence electrons. The number of nitro groups is 1. The lowest BCUT2D eigenvalue weighted by atomic mass is 10.1. The van der Waals surface area contributed by atoms with Crippen molar-refractivity contribution in [1.82, 2.24) is 9.62 Å². The van der Waals surface area contributed by atoms with Gasteiger partial charge in [-0.15, -0.1) is 0 Å². The highest BCUT2D eigenvalue weighted by Crippen LogP contribution is 2.15. The standard InChI is InChI=1S/C26H27N3O7S/c1-28(17-25(30)36-18-21-8-4-2-5-9-21)26(31)24(16-20-12-14-23(15-13-20)29(32)33)27-37(34,35)19-22-10-6-3-7-11-22/h2-15,24,27H,16-19H2,1H3/t24-/m1/s1. The molecule has 0 unspecified atom stereocenters. The van der Waals surface area contributed by atoms with E-state index in [2.05, 4.69) is 4.72 Å². The Morgan fingerprint density at radius 2 is 1.49 bits per heavy atom. The summed E-state index contributed by atoms with van der Waals surface area (Å²) in [6, 6.07) is 21.7. The van der Waals surface area contributed by atoms with Crippen LogP contribution in [0, 0.1) is 10.1 Å². The molecule has 1 amide bonds. The highest BCUT2D eigenvalue weighted by atomic mass is 32.2. The van der Waals surface area contributed by atoms with Crippen molar-refractivity contribution in [2.75, 3.05) is 13.6 Å². The van der Waals surface area contributed by atoms with Gasteiger partial charge >= 0.3 is 5.97 Å². The number of hydrogen-bond donors (Lipinski definition) is 1. The number of carbonyl (C=O) groups excluding carboxylic acids is 2. The minimum absolute atomic E-state index is 0.0393. The van der Waals surface area contributed by atoms with E-state index in [-0.39, 0.29) is 31.0 Å². The lowest BCUT2D eigenvalue weighted by molar-refractivity contribution is -0.384. The fraction of sp³-hybridized carbons (Fsp3) is 0.231. The van der Waals surface area contributed by atoms with Crippen LogP contribution >= 0.6 is 0 Å². The molecule has 0 aromatic heterocycles. The summed E-state index contributed by atoms with van der Waals surface area (Å²) in [6.07, 6.45) is -0.0751. The molecule has 0 aliphatic carbocycles. The van der Waals surface area contributed by atoms with Gasteiger partial charge < -0.3 is 9.64 Å². The lowest BCUT2D eigenvalue weighted by Crippen LogP contribution is -2.50. The fourth-order valence-electron chi connectivity index (χ4n) is 3.54. The molecule has 0 heterocycles. The van der Waals surface area contributed by atoms with Gasteiger partial charge in [-0.2, -0.15) is 0 Å². The number of esters is 1. The van der Waals surface area contributed by atoms with Crippen molar-refractivity contribution in [3.05, 3.63) is 112 Å². The third-order valence-electron chi connectivity index (χ3n) is 5.39. The van der Waals surface area contributed by atoms with Gasteiger partial charge in [-0.3, -0.25) is 19.7 Å². The normalized spacial score (nSPS) is 11.9. The van der Waals surface area contributed by atoms with E-state index in [1.807, 2.05) is 18.2 Å². The molecule has 3 aromatic carbocycles. The molecule has 3 aromatic rings. The summed E-state index contributed by atoms with van der Waals surface area (Å²) in [7, 11) is -2.58. The summed E-state index contributed by atoms with van der Waals surface area (Å²) in [5.41, 5.74) is 1.70. The van der Waals surface area contributed by atoms with Crippen LogP contribution in [0.15, 0.2) is 84.9 Å². The first-order valence-corrected chi connectivity index (χ1v) is 13.0. The summed E-state index contributed by atoms with van der Waals surface area (Å²) in [4.78, 5) is 37.1. The number of nitrogens with one attached hydrogen (secondary N) is 1. The van der Waals surface area contributed by atoms with E-state index in [1.165, 1.54) is 31.3 Å². The quantitative estimate of drug-likeness (QED) is 0.218. The van der Waals surface area contributed by atoms with Crippen molar-refractivity contribution in [1.29, 1.82) is 0 Å². The van der Waals surface area contributed by atoms with E-state index in [1.54, 1.807) is 42.5 Å². The maximum Gasteiger partial charge on any atom is 0.325 e. The van der Waals surface area contributed by atoms with Gasteiger partial charge in [-0.05, 0) is 23.1 Å². The van der Waals surface area contributed by atoms with Crippen molar-refractivity contribution in [2.24, 2.45) is 0 Å². The Morgan fingerprint density at radius 1 is 0.919 bits per heavy atom. The van der Waals surface area contributed by atoms with E-state index in [4.69, 9.17) is 4.74 Å². The molecule has 0 saturated carbocycles. The topological polar surface area (TPSA) is 136 Å². The number of nitro benzene ring substituents is 1. The van der Waals surface area contributed by atoms with Crippen LogP contribution < -0.4 is 4.72 Å². The molecule has 0 saturated heterocycles. The minimum Gasteiger partial charge on any atom is -0.459 e. The zero-order valence-electron chi connectivity index (χ0n) is 20.1. The molecule has 0 fully saturated rings. The predicted octanol–water partition coefficient (Wildman–Crippen LogP) is 2.83.